The van der Waals surface area contributed by atoms with E-state index in [1.165, 1.54) is 16.9 Å². The number of halogens is 4. The molecular formula is C15H26ClF3N4O3. The summed E-state index contributed by atoms with van der Waals surface area (Å²) in [6.45, 7) is 2.02. The summed E-state index contributed by atoms with van der Waals surface area (Å²) < 4.78 is 44.8. The Balaban J connectivity index is 0.00000338. The molecule has 2 N–H and O–H groups in total. The van der Waals surface area contributed by atoms with Crippen molar-refractivity contribution in [2.24, 2.45) is 5.92 Å². The van der Waals surface area contributed by atoms with Crippen molar-refractivity contribution < 1.29 is 27.5 Å². The maximum Gasteiger partial charge on any atom is 0.405 e. The fourth-order valence-electron chi connectivity index (χ4n) is 3.15. The van der Waals surface area contributed by atoms with Gasteiger partial charge in [-0.25, -0.2) is 0 Å². The van der Waals surface area contributed by atoms with Crippen LogP contribution in [0.1, 0.15) is 6.42 Å². The van der Waals surface area contributed by atoms with E-state index < -0.39 is 30.6 Å². The van der Waals surface area contributed by atoms with Crippen LogP contribution in [0.3, 0.4) is 0 Å². The minimum Gasteiger partial charge on any atom is -0.383 e. The van der Waals surface area contributed by atoms with E-state index in [0.717, 1.165) is 0 Å². The van der Waals surface area contributed by atoms with Crippen LogP contribution in [0.25, 0.3) is 0 Å². The predicted octanol–water partition coefficient (Wildman–Crippen LogP) is -0.145. The van der Waals surface area contributed by atoms with Gasteiger partial charge < -0.3 is 20.3 Å². The van der Waals surface area contributed by atoms with Crippen molar-refractivity contribution in [3.8, 4) is 0 Å². The number of nitrogens with one attached hydrogen (secondary N) is 2. The lowest BCUT2D eigenvalue weighted by atomic mass is 10.1. The summed E-state index contributed by atoms with van der Waals surface area (Å²) >= 11 is 0. The van der Waals surface area contributed by atoms with Gasteiger partial charge in [0.25, 0.3) is 0 Å². The van der Waals surface area contributed by atoms with Crippen LogP contribution < -0.4 is 10.6 Å². The van der Waals surface area contributed by atoms with Crippen LogP contribution in [0.2, 0.25) is 0 Å². The van der Waals surface area contributed by atoms with Gasteiger partial charge >= 0.3 is 6.18 Å². The van der Waals surface area contributed by atoms with Crippen LogP contribution in [0.15, 0.2) is 0 Å². The van der Waals surface area contributed by atoms with E-state index in [1.807, 2.05) is 0 Å². The monoisotopic (exact) mass is 402 g/mol. The lowest BCUT2D eigenvalue weighted by Crippen LogP contribution is -2.57. The second kappa shape index (κ2) is 10.3. The maximum atomic E-state index is 13.3. The van der Waals surface area contributed by atoms with Gasteiger partial charge in [0.2, 0.25) is 11.8 Å². The van der Waals surface area contributed by atoms with Crippen LogP contribution in [-0.2, 0) is 14.3 Å². The van der Waals surface area contributed by atoms with Gasteiger partial charge in [-0.1, -0.05) is 0 Å². The molecule has 152 valence electrons. The van der Waals surface area contributed by atoms with Crippen LogP contribution in [0.4, 0.5) is 13.2 Å². The molecule has 2 fully saturated rings. The third-order valence-corrected chi connectivity index (χ3v) is 4.59. The number of alkyl halides is 3. The summed E-state index contributed by atoms with van der Waals surface area (Å²) in [5.41, 5.74) is 0. The van der Waals surface area contributed by atoms with Crippen molar-refractivity contribution in [3.63, 3.8) is 0 Å². The molecule has 2 amide bonds. The van der Waals surface area contributed by atoms with Gasteiger partial charge in [-0.3, -0.25) is 14.5 Å². The number of likely N-dealkylation sites (tertiary alicyclic amines) is 1. The number of carbonyl (C=O) groups excluding carboxylic acids is 2. The molecule has 2 saturated heterocycles. The van der Waals surface area contributed by atoms with Gasteiger partial charge in [-0.05, 0) is 0 Å². The quantitative estimate of drug-likeness (QED) is 0.620. The van der Waals surface area contributed by atoms with Gasteiger partial charge in [0, 0.05) is 59.3 Å². The Kier molecular flexibility index (Phi) is 9.08. The van der Waals surface area contributed by atoms with Crippen LogP contribution >= 0.6 is 12.4 Å². The lowest BCUT2D eigenvalue weighted by Gasteiger charge is -2.36. The van der Waals surface area contributed by atoms with Gasteiger partial charge in [0.15, 0.2) is 0 Å². The van der Waals surface area contributed by atoms with Gasteiger partial charge in [-0.2, -0.15) is 13.2 Å². The molecule has 7 nitrogen and oxygen atoms in total. The number of rotatable bonds is 7. The summed E-state index contributed by atoms with van der Waals surface area (Å²) in [5.74, 6) is -1.29. The van der Waals surface area contributed by atoms with Crippen LogP contribution in [0, 0.1) is 5.92 Å². The second-order valence-electron chi connectivity index (χ2n) is 6.32. The number of carbonyl (C=O) groups is 2. The van der Waals surface area contributed by atoms with Crippen LogP contribution in [0.5, 0.6) is 0 Å². The van der Waals surface area contributed by atoms with Crippen LogP contribution in [-0.4, -0.2) is 93.4 Å². The lowest BCUT2D eigenvalue weighted by molar-refractivity contribution is -0.184. The van der Waals surface area contributed by atoms with Crippen molar-refractivity contribution in [2.45, 2.75) is 18.6 Å². The topological polar surface area (TPSA) is 73.9 Å². The molecule has 2 rings (SSSR count). The molecule has 2 aliphatic heterocycles. The van der Waals surface area contributed by atoms with Crippen molar-refractivity contribution in [1.82, 2.24) is 20.4 Å². The van der Waals surface area contributed by atoms with Gasteiger partial charge in [0.1, 0.15) is 6.04 Å². The Morgan fingerprint density at radius 1 is 1.38 bits per heavy atom. The maximum absolute atomic E-state index is 13.3. The summed E-state index contributed by atoms with van der Waals surface area (Å²) in [5, 5.41) is 5.40. The average molecular weight is 403 g/mol. The fourth-order valence-corrected chi connectivity index (χ4v) is 3.15. The molecule has 2 aliphatic rings. The number of piperazine rings is 1. The van der Waals surface area contributed by atoms with E-state index in [1.54, 1.807) is 0 Å². The molecule has 0 aromatic heterocycles. The molecule has 0 aliphatic carbocycles. The number of ether oxygens (including phenoxy) is 1. The summed E-state index contributed by atoms with van der Waals surface area (Å²) in [6, 6.07) is -1.71. The Labute approximate surface area is 157 Å². The van der Waals surface area contributed by atoms with Crippen molar-refractivity contribution >= 4 is 24.2 Å². The SMILES string of the molecule is COCCN1CC(C(=O)NCC(N2CCNCC2)C(F)(F)F)CC1=O.Cl. The molecule has 2 atom stereocenters. The zero-order valence-electron chi connectivity index (χ0n) is 14.7. The molecule has 0 saturated carbocycles. The summed E-state index contributed by atoms with van der Waals surface area (Å²) in [7, 11) is 1.51. The fraction of sp³-hybridized carbons (Fsp3) is 0.867. The van der Waals surface area contributed by atoms with E-state index in [0.29, 0.717) is 26.2 Å². The predicted molar refractivity (Wildman–Crippen MR) is 91.1 cm³/mol. The third kappa shape index (κ3) is 6.26. The highest BCUT2D eigenvalue weighted by Crippen LogP contribution is 2.25. The number of nitrogens with zero attached hydrogens (tertiary/aromatic N) is 2. The zero-order valence-corrected chi connectivity index (χ0v) is 15.5. The van der Waals surface area contributed by atoms with E-state index in [9.17, 15) is 22.8 Å². The Morgan fingerprint density at radius 3 is 2.62 bits per heavy atom. The highest BCUT2D eigenvalue weighted by molar-refractivity contribution is 5.89. The number of amides is 2. The average Bonchev–Trinajstić information content (AvgIpc) is 2.93. The molecule has 0 spiro atoms. The molecule has 26 heavy (non-hydrogen) atoms. The normalized spacial score (nSPS) is 22.8. The first-order chi connectivity index (χ1) is 11.8. The number of hydrogen-bond donors (Lipinski definition) is 2. The third-order valence-electron chi connectivity index (χ3n) is 4.59. The molecule has 2 unspecified atom stereocenters. The largest absolute Gasteiger partial charge is 0.405 e. The van der Waals surface area contributed by atoms with E-state index in [2.05, 4.69) is 10.6 Å². The van der Waals surface area contributed by atoms with Gasteiger partial charge in [-0.15, -0.1) is 12.4 Å². The molecule has 2 heterocycles. The first-order valence-corrected chi connectivity index (χ1v) is 8.39. The first kappa shape index (κ1) is 22.9. The van der Waals surface area contributed by atoms with E-state index >= 15 is 0 Å². The Hall–Kier alpha value is -1.10. The smallest absolute Gasteiger partial charge is 0.383 e. The van der Waals surface area contributed by atoms with Crippen molar-refractivity contribution in [1.29, 1.82) is 0 Å². The standard InChI is InChI=1S/C15H25F3N4O3.ClH/c1-25-7-6-22-10-11(8-13(22)23)14(24)20-9-12(15(16,17)18)21-4-2-19-3-5-21;/h11-12,19H,2-10H2,1H3,(H,20,24);1H. The first-order valence-electron chi connectivity index (χ1n) is 8.39. The molecule has 0 radical (unpaired) electrons. The van der Waals surface area contributed by atoms with Gasteiger partial charge in [0.05, 0.1) is 12.5 Å². The molecular weight excluding hydrogens is 377 g/mol. The molecule has 11 heteroatoms. The second-order valence-corrected chi connectivity index (χ2v) is 6.32. The molecule has 0 aromatic rings. The highest BCUT2D eigenvalue weighted by Gasteiger charge is 2.44. The summed E-state index contributed by atoms with van der Waals surface area (Å²) in [6.07, 6.45) is -4.39. The molecule has 0 bridgehead atoms. The van der Waals surface area contributed by atoms with Crippen molar-refractivity contribution in [2.75, 3.05) is 59.5 Å². The highest BCUT2D eigenvalue weighted by atomic mass is 35.5. The summed E-state index contributed by atoms with van der Waals surface area (Å²) in [4.78, 5) is 26.9. The zero-order chi connectivity index (χ0) is 18.4. The van der Waals surface area contributed by atoms with Crippen molar-refractivity contribution in [3.05, 3.63) is 0 Å². The minimum atomic E-state index is -4.42. The van der Waals surface area contributed by atoms with E-state index in [-0.39, 0.29) is 44.4 Å². The van der Waals surface area contributed by atoms with E-state index in [4.69, 9.17) is 4.74 Å². The minimum absolute atomic E-state index is 0. The number of hydrogen-bond acceptors (Lipinski definition) is 5. The molecule has 0 aromatic carbocycles. The Bertz CT molecular complexity index is 476. The number of methoxy groups -OCH3 is 1. The Morgan fingerprint density at radius 2 is 2.04 bits per heavy atom.